The Kier molecular flexibility index (Phi) is 5.48. The van der Waals surface area contributed by atoms with Crippen LogP contribution in [0.4, 0.5) is 0 Å². The zero-order valence-electron chi connectivity index (χ0n) is 16.2. The van der Waals surface area contributed by atoms with Gasteiger partial charge in [-0.1, -0.05) is 75.7 Å². The number of benzene rings is 2. The monoisotopic (exact) mass is 402 g/mol. The molecule has 2 aromatic rings. The molecule has 0 heterocycles. The first kappa shape index (κ1) is 19.7. The van der Waals surface area contributed by atoms with Gasteiger partial charge in [-0.05, 0) is 47.1 Å². The molecule has 3 heteroatoms. The van der Waals surface area contributed by atoms with E-state index in [1.54, 1.807) is 12.1 Å². The van der Waals surface area contributed by atoms with E-state index in [-0.39, 0.29) is 16.8 Å². The molecule has 0 unspecified atom stereocenters. The first-order valence-electron chi connectivity index (χ1n) is 8.53. The van der Waals surface area contributed by atoms with Crippen molar-refractivity contribution in [3.05, 3.63) is 63.1 Å². The Labute approximate surface area is 159 Å². The number of hydrogen-bond donors (Lipinski definition) is 0. The van der Waals surface area contributed by atoms with Crippen LogP contribution in [0, 0.1) is 6.92 Å². The number of carbonyl (C=O) groups excluding carboxylic acids is 1. The van der Waals surface area contributed by atoms with Crippen LogP contribution in [0.25, 0.3) is 0 Å². The molecule has 0 fully saturated rings. The molecule has 2 rings (SSSR count). The number of rotatable bonds is 2. The summed E-state index contributed by atoms with van der Waals surface area (Å²) in [5.41, 5.74) is 3.82. The molecule has 0 amide bonds. The van der Waals surface area contributed by atoms with Crippen LogP contribution in [-0.4, -0.2) is 5.97 Å². The molecule has 0 radical (unpaired) electrons. The summed E-state index contributed by atoms with van der Waals surface area (Å²) < 4.78 is 6.66. The highest BCUT2D eigenvalue weighted by atomic mass is 79.9. The van der Waals surface area contributed by atoms with Gasteiger partial charge >= 0.3 is 5.97 Å². The van der Waals surface area contributed by atoms with Crippen LogP contribution in [0.1, 0.15) is 68.6 Å². The second-order valence-corrected chi connectivity index (χ2v) is 9.42. The molecule has 0 aliphatic carbocycles. The Morgan fingerprint density at radius 1 is 0.920 bits per heavy atom. The lowest BCUT2D eigenvalue weighted by Gasteiger charge is -2.26. The summed E-state index contributed by atoms with van der Waals surface area (Å²) >= 11 is 3.47. The second-order valence-electron chi connectivity index (χ2n) is 8.56. The van der Waals surface area contributed by atoms with Gasteiger partial charge in [0.15, 0.2) is 0 Å². The number of aryl methyl sites for hydroxylation is 1. The summed E-state index contributed by atoms with van der Waals surface area (Å²) in [6, 6.07) is 11.6. The Bertz CT molecular complexity index is 793. The van der Waals surface area contributed by atoms with Crippen molar-refractivity contribution in [1.82, 2.24) is 0 Å². The maximum Gasteiger partial charge on any atom is 0.343 e. The van der Waals surface area contributed by atoms with Gasteiger partial charge < -0.3 is 4.74 Å². The summed E-state index contributed by atoms with van der Waals surface area (Å²) in [7, 11) is 0. The van der Waals surface area contributed by atoms with Crippen molar-refractivity contribution in [3.8, 4) is 5.75 Å². The lowest BCUT2D eigenvalue weighted by Crippen LogP contribution is -2.19. The van der Waals surface area contributed by atoms with Gasteiger partial charge in [0.05, 0.1) is 5.56 Å². The Balaban J connectivity index is 2.41. The van der Waals surface area contributed by atoms with Crippen molar-refractivity contribution in [1.29, 1.82) is 0 Å². The maximum absolute atomic E-state index is 12.6. The lowest BCUT2D eigenvalue weighted by molar-refractivity contribution is 0.0731. The van der Waals surface area contributed by atoms with Crippen molar-refractivity contribution in [2.75, 3.05) is 0 Å². The van der Waals surface area contributed by atoms with Crippen LogP contribution in [0.5, 0.6) is 5.75 Å². The molecule has 0 N–H and O–H groups in total. The van der Waals surface area contributed by atoms with Gasteiger partial charge in [-0.15, -0.1) is 0 Å². The van der Waals surface area contributed by atoms with E-state index in [0.717, 1.165) is 15.6 Å². The van der Waals surface area contributed by atoms with Gasteiger partial charge in [0.1, 0.15) is 5.75 Å². The van der Waals surface area contributed by atoms with E-state index in [2.05, 4.69) is 63.5 Å². The van der Waals surface area contributed by atoms with E-state index in [1.165, 1.54) is 5.56 Å². The predicted octanol–water partition coefficient (Wildman–Crippen LogP) is 6.57. The summed E-state index contributed by atoms with van der Waals surface area (Å²) in [6.45, 7) is 14.9. The van der Waals surface area contributed by atoms with Gasteiger partial charge in [0.2, 0.25) is 0 Å². The molecule has 25 heavy (non-hydrogen) atoms. The smallest absolute Gasteiger partial charge is 0.343 e. The van der Waals surface area contributed by atoms with Gasteiger partial charge in [-0.3, -0.25) is 0 Å². The third kappa shape index (κ3) is 4.72. The van der Waals surface area contributed by atoms with Gasteiger partial charge in [0.25, 0.3) is 0 Å². The topological polar surface area (TPSA) is 26.3 Å². The third-order valence-electron chi connectivity index (χ3n) is 4.26. The number of carbonyl (C=O) groups is 1. The average molecular weight is 403 g/mol. The second kappa shape index (κ2) is 6.95. The molecule has 0 atom stereocenters. The Morgan fingerprint density at radius 3 is 2.08 bits per heavy atom. The minimum Gasteiger partial charge on any atom is -0.423 e. The summed E-state index contributed by atoms with van der Waals surface area (Å²) in [5, 5.41) is 0. The van der Waals surface area contributed by atoms with Crippen LogP contribution in [0.15, 0.2) is 40.9 Å². The molecule has 0 aliphatic heterocycles. The standard InChI is InChI=1S/C22H27BrO2/c1-14-8-9-15(12-18(14)23)20(24)25-19-11-10-16(21(2,3)4)13-17(19)22(5,6)7/h8-13H,1-7H3. The fourth-order valence-electron chi connectivity index (χ4n) is 2.55. The van der Waals surface area contributed by atoms with Crippen LogP contribution >= 0.6 is 15.9 Å². The van der Waals surface area contributed by atoms with Crippen LogP contribution in [0.3, 0.4) is 0 Å². The fraction of sp³-hybridized carbons (Fsp3) is 0.409. The van der Waals surface area contributed by atoms with Gasteiger partial charge in [0, 0.05) is 10.0 Å². The molecular weight excluding hydrogens is 376 g/mol. The van der Waals surface area contributed by atoms with Crippen molar-refractivity contribution < 1.29 is 9.53 Å². The molecule has 0 spiro atoms. The van der Waals surface area contributed by atoms with E-state index in [9.17, 15) is 4.79 Å². The minimum atomic E-state index is -0.338. The number of ether oxygens (including phenoxy) is 1. The SMILES string of the molecule is Cc1ccc(C(=O)Oc2ccc(C(C)(C)C)cc2C(C)(C)C)cc1Br. The van der Waals surface area contributed by atoms with E-state index in [1.807, 2.05) is 25.1 Å². The lowest BCUT2D eigenvalue weighted by atomic mass is 9.80. The third-order valence-corrected chi connectivity index (χ3v) is 5.12. The first-order chi connectivity index (χ1) is 11.4. The average Bonchev–Trinajstić information content (AvgIpc) is 2.48. The molecule has 2 aromatic carbocycles. The fourth-order valence-corrected chi connectivity index (χ4v) is 2.93. The number of hydrogen-bond acceptors (Lipinski definition) is 2. The molecular formula is C22H27BrO2. The maximum atomic E-state index is 12.6. The first-order valence-corrected chi connectivity index (χ1v) is 9.32. The zero-order chi connectivity index (χ0) is 19.0. The molecule has 0 aliphatic rings. The Morgan fingerprint density at radius 2 is 1.56 bits per heavy atom. The zero-order valence-corrected chi connectivity index (χ0v) is 17.7. The summed E-state index contributed by atoms with van der Waals surface area (Å²) in [4.78, 5) is 12.6. The normalized spacial score (nSPS) is 12.2. The summed E-state index contributed by atoms with van der Waals surface area (Å²) in [5.74, 6) is 0.289. The van der Waals surface area contributed by atoms with E-state index in [4.69, 9.17) is 4.74 Å². The molecule has 0 saturated carbocycles. The van der Waals surface area contributed by atoms with E-state index < -0.39 is 0 Å². The molecule has 2 nitrogen and oxygen atoms in total. The van der Waals surface area contributed by atoms with Crippen LogP contribution < -0.4 is 4.74 Å². The summed E-state index contributed by atoms with van der Waals surface area (Å²) in [6.07, 6.45) is 0. The highest BCUT2D eigenvalue weighted by molar-refractivity contribution is 9.10. The number of halogens is 1. The van der Waals surface area contributed by atoms with E-state index >= 15 is 0 Å². The predicted molar refractivity (Wildman–Crippen MR) is 108 cm³/mol. The largest absolute Gasteiger partial charge is 0.423 e. The van der Waals surface area contributed by atoms with Crippen molar-refractivity contribution >= 4 is 21.9 Å². The minimum absolute atomic E-state index is 0.0460. The van der Waals surface area contributed by atoms with Crippen molar-refractivity contribution in [3.63, 3.8) is 0 Å². The molecule has 0 saturated heterocycles. The van der Waals surface area contributed by atoms with Crippen molar-refractivity contribution in [2.45, 2.75) is 59.3 Å². The molecule has 0 bridgehead atoms. The number of esters is 1. The van der Waals surface area contributed by atoms with Crippen LogP contribution in [0.2, 0.25) is 0 Å². The molecule has 0 aromatic heterocycles. The highest BCUT2D eigenvalue weighted by Gasteiger charge is 2.24. The van der Waals surface area contributed by atoms with Crippen LogP contribution in [-0.2, 0) is 10.8 Å². The van der Waals surface area contributed by atoms with Gasteiger partial charge in [-0.25, -0.2) is 4.79 Å². The highest BCUT2D eigenvalue weighted by Crippen LogP contribution is 2.36. The van der Waals surface area contributed by atoms with Gasteiger partial charge in [-0.2, -0.15) is 0 Å². The van der Waals surface area contributed by atoms with E-state index in [0.29, 0.717) is 11.3 Å². The Hall–Kier alpha value is -1.61. The quantitative estimate of drug-likeness (QED) is 0.419. The molecule has 134 valence electrons. The van der Waals surface area contributed by atoms with Crippen molar-refractivity contribution in [2.24, 2.45) is 0 Å².